The van der Waals surface area contributed by atoms with Gasteiger partial charge in [0.15, 0.2) is 0 Å². The largest absolute Gasteiger partial charge is 0.0683 e. The van der Waals surface area contributed by atoms with Crippen molar-refractivity contribution in [3.63, 3.8) is 0 Å². The Morgan fingerprint density at radius 3 is 1.56 bits per heavy atom. The molecule has 0 amide bonds. The van der Waals surface area contributed by atoms with Gasteiger partial charge in [-0.1, -0.05) is 119 Å². The molecule has 2 aliphatic rings. The van der Waals surface area contributed by atoms with Gasteiger partial charge in [-0.25, -0.2) is 0 Å². The van der Waals surface area contributed by atoms with Gasteiger partial charge in [0.05, 0.1) is 0 Å². The average Bonchev–Trinajstić information content (AvgIpc) is 3.14. The molecule has 0 unspecified atom stereocenters. The first-order chi connectivity index (χ1) is 23.6. The van der Waals surface area contributed by atoms with Crippen LogP contribution in [-0.4, -0.2) is 0 Å². The summed E-state index contributed by atoms with van der Waals surface area (Å²) in [5.41, 5.74) is 20.5. The predicted octanol–water partition coefficient (Wildman–Crippen LogP) is 13.1. The summed E-state index contributed by atoms with van der Waals surface area (Å²) >= 11 is 0. The maximum absolute atomic E-state index is 2.55. The topological polar surface area (TPSA) is 0 Å². The van der Waals surface area contributed by atoms with E-state index in [1.54, 1.807) is 22.3 Å². The normalized spacial score (nSPS) is 13.0. The lowest BCUT2D eigenvalue weighted by Gasteiger charge is -2.30. The Bertz CT molecular complexity index is 2330. The van der Waals surface area contributed by atoms with Crippen molar-refractivity contribution < 1.29 is 0 Å². The van der Waals surface area contributed by atoms with Crippen molar-refractivity contribution >= 4 is 32.3 Å². The fourth-order valence-electron chi connectivity index (χ4n) is 9.15. The lowest BCUT2D eigenvalue weighted by molar-refractivity contribution is 0.877. The highest BCUT2D eigenvalue weighted by Crippen LogP contribution is 2.48. The lowest BCUT2D eigenvalue weighted by Crippen LogP contribution is -2.14. The summed E-state index contributed by atoms with van der Waals surface area (Å²) in [6, 6.07) is 37.8. The Morgan fingerprint density at radius 1 is 0.438 bits per heavy atom. The maximum atomic E-state index is 2.55. The second-order valence-electron chi connectivity index (χ2n) is 13.7. The summed E-state index contributed by atoms with van der Waals surface area (Å²) < 4.78 is 0. The first kappa shape index (κ1) is 30.6. The van der Waals surface area contributed by atoms with E-state index in [2.05, 4.69) is 125 Å². The van der Waals surface area contributed by atoms with Gasteiger partial charge in [-0.15, -0.1) is 0 Å². The van der Waals surface area contributed by atoms with Crippen molar-refractivity contribution in [1.29, 1.82) is 0 Å². The van der Waals surface area contributed by atoms with Crippen LogP contribution in [0.25, 0.3) is 65.7 Å². The first-order valence-corrected chi connectivity index (χ1v) is 18.3. The van der Waals surface area contributed by atoms with E-state index in [4.69, 9.17) is 0 Å². The van der Waals surface area contributed by atoms with E-state index in [0.717, 1.165) is 38.5 Å². The van der Waals surface area contributed by atoms with Crippen LogP contribution in [0.2, 0.25) is 0 Å². The lowest BCUT2D eigenvalue weighted by atomic mass is 9.74. The number of rotatable bonds is 4. The quantitative estimate of drug-likeness (QED) is 0.171. The molecule has 0 spiro atoms. The zero-order valence-corrected chi connectivity index (χ0v) is 29.5. The molecule has 0 saturated carbocycles. The smallest absolute Gasteiger partial charge is 0.00630 e. The number of fused-ring (bicyclic) bond motifs is 5. The minimum atomic E-state index is 1.05. The van der Waals surface area contributed by atoms with Crippen LogP contribution in [0.1, 0.15) is 72.2 Å². The van der Waals surface area contributed by atoms with Crippen LogP contribution in [0, 0.1) is 13.8 Å². The predicted molar refractivity (Wildman–Crippen MR) is 210 cm³/mol. The SMILES string of the molecule is CC.CCc1cc(-c2cc3c4ccccc4c(-c4cc5c6c(c4)CCc4cccc(c4-6)CC5)c(C)c3c3ccccc23)cc(CC)c1C. The molecular formula is C48H46. The Kier molecular flexibility index (Phi) is 7.72. The highest BCUT2D eigenvalue weighted by molar-refractivity contribution is 6.25. The van der Waals surface area contributed by atoms with E-state index in [0.29, 0.717) is 0 Å². The van der Waals surface area contributed by atoms with Crippen LogP contribution in [-0.2, 0) is 38.5 Å². The summed E-state index contributed by atoms with van der Waals surface area (Å²) in [6.07, 6.45) is 6.64. The van der Waals surface area contributed by atoms with Gasteiger partial charge in [-0.2, -0.15) is 0 Å². The summed E-state index contributed by atoms with van der Waals surface area (Å²) in [7, 11) is 0. The van der Waals surface area contributed by atoms with Crippen molar-refractivity contribution in [2.45, 2.75) is 80.1 Å². The molecule has 0 bridgehead atoms. The van der Waals surface area contributed by atoms with E-state index in [9.17, 15) is 0 Å². The molecule has 2 aliphatic carbocycles. The molecule has 7 aromatic carbocycles. The molecule has 0 atom stereocenters. The van der Waals surface area contributed by atoms with Crippen molar-refractivity contribution in [1.82, 2.24) is 0 Å². The van der Waals surface area contributed by atoms with Crippen LogP contribution in [0.3, 0.4) is 0 Å². The number of hydrogen-bond acceptors (Lipinski definition) is 0. The second kappa shape index (κ2) is 12.1. The molecule has 0 heterocycles. The number of hydrogen-bond donors (Lipinski definition) is 0. The van der Waals surface area contributed by atoms with Gasteiger partial charge in [0.25, 0.3) is 0 Å². The van der Waals surface area contributed by atoms with Gasteiger partial charge in [0.1, 0.15) is 0 Å². The summed E-state index contributed by atoms with van der Waals surface area (Å²) in [5.74, 6) is 0. The summed E-state index contributed by atoms with van der Waals surface area (Å²) in [4.78, 5) is 0. The third kappa shape index (κ3) is 4.56. The standard InChI is InChI=1S/C46H40.C2H6/c1-5-29-22-35(23-30(6-2)27(29)3)41-26-42-38-15-8-9-16-39(38)43(28(4)44(42)40-17-10-7-14-37(40)41)36-24-33-20-18-31-12-11-13-32-19-21-34(25-36)46(33)45(31)32;1-2/h7-17,22-26H,5-6,18-21H2,1-4H3;1-2H3. The van der Waals surface area contributed by atoms with E-state index in [1.807, 2.05) is 13.8 Å². The first-order valence-electron chi connectivity index (χ1n) is 18.3. The molecule has 0 fully saturated rings. The van der Waals surface area contributed by atoms with Gasteiger partial charge in [0.2, 0.25) is 0 Å². The van der Waals surface area contributed by atoms with Crippen molar-refractivity contribution in [3.8, 4) is 33.4 Å². The van der Waals surface area contributed by atoms with Gasteiger partial charge in [-0.05, 0) is 169 Å². The highest BCUT2D eigenvalue weighted by Gasteiger charge is 2.27. The van der Waals surface area contributed by atoms with Gasteiger partial charge in [-0.3, -0.25) is 0 Å². The van der Waals surface area contributed by atoms with E-state index >= 15 is 0 Å². The van der Waals surface area contributed by atoms with E-state index < -0.39 is 0 Å². The van der Waals surface area contributed by atoms with Gasteiger partial charge >= 0.3 is 0 Å². The highest BCUT2D eigenvalue weighted by atomic mass is 14.3. The summed E-state index contributed by atoms with van der Waals surface area (Å²) in [6.45, 7) is 13.2. The molecule has 9 rings (SSSR count). The van der Waals surface area contributed by atoms with Crippen molar-refractivity contribution in [2.75, 3.05) is 0 Å². The molecule has 48 heavy (non-hydrogen) atoms. The molecule has 238 valence electrons. The van der Waals surface area contributed by atoms with Crippen molar-refractivity contribution in [3.05, 3.63) is 142 Å². The molecule has 0 aliphatic heterocycles. The fraction of sp³-hybridized carbons (Fsp3) is 0.250. The maximum Gasteiger partial charge on any atom is -0.00630 e. The molecule has 0 radical (unpaired) electrons. The summed E-state index contributed by atoms with van der Waals surface area (Å²) in [5, 5.41) is 8.17. The Balaban J connectivity index is 0.00000165. The minimum Gasteiger partial charge on any atom is -0.0683 e. The number of aryl methyl sites for hydroxylation is 7. The Morgan fingerprint density at radius 2 is 0.958 bits per heavy atom. The van der Waals surface area contributed by atoms with Gasteiger partial charge < -0.3 is 0 Å². The fourth-order valence-corrected chi connectivity index (χ4v) is 9.15. The minimum absolute atomic E-state index is 1.05. The number of benzene rings is 7. The average molecular weight is 623 g/mol. The van der Waals surface area contributed by atoms with Crippen LogP contribution >= 0.6 is 0 Å². The molecule has 0 nitrogen and oxygen atoms in total. The Labute approximate surface area is 286 Å². The van der Waals surface area contributed by atoms with Crippen molar-refractivity contribution in [2.24, 2.45) is 0 Å². The van der Waals surface area contributed by atoms with Crippen LogP contribution in [0.15, 0.2) is 97.1 Å². The molecule has 0 aromatic heterocycles. The molecular weight excluding hydrogens is 577 g/mol. The zero-order chi connectivity index (χ0) is 33.1. The molecule has 7 aromatic rings. The third-order valence-corrected chi connectivity index (χ3v) is 11.4. The zero-order valence-electron chi connectivity index (χ0n) is 29.5. The second-order valence-corrected chi connectivity index (χ2v) is 13.7. The van der Waals surface area contributed by atoms with Crippen LogP contribution in [0.5, 0.6) is 0 Å². The third-order valence-electron chi connectivity index (χ3n) is 11.4. The van der Waals surface area contributed by atoms with Crippen LogP contribution < -0.4 is 0 Å². The van der Waals surface area contributed by atoms with E-state index in [-0.39, 0.29) is 0 Å². The molecule has 0 heteroatoms. The van der Waals surface area contributed by atoms with Crippen LogP contribution in [0.4, 0.5) is 0 Å². The Hall–Kier alpha value is -4.68. The molecule has 0 saturated heterocycles. The monoisotopic (exact) mass is 622 g/mol. The van der Waals surface area contributed by atoms with E-state index in [1.165, 1.54) is 88.0 Å². The molecule has 0 N–H and O–H groups in total. The van der Waals surface area contributed by atoms with Gasteiger partial charge in [0, 0.05) is 0 Å².